The van der Waals surface area contributed by atoms with E-state index in [0.717, 1.165) is 72.1 Å². The summed E-state index contributed by atoms with van der Waals surface area (Å²) in [5.74, 6) is 0.787. The summed E-state index contributed by atoms with van der Waals surface area (Å²) in [4.78, 5) is 12.5. The van der Waals surface area contributed by atoms with Crippen LogP contribution in [0.2, 0.25) is 0 Å². The number of fused-ring (bicyclic) bond motifs is 1. The molecule has 1 atom stereocenters. The quantitative estimate of drug-likeness (QED) is 0.650. The van der Waals surface area contributed by atoms with Gasteiger partial charge < -0.3 is 15.4 Å². The highest BCUT2D eigenvalue weighted by Crippen LogP contribution is 2.30. The molecular weight excluding hydrogens is 376 g/mol. The van der Waals surface area contributed by atoms with Crippen LogP contribution in [0.3, 0.4) is 0 Å². The van der Waals surface area contributed by atoms with Crippen LogP contribution in [-0.4, -0.2) is 41.4 Å². The van der Waals surface area contributed by atoms with Crippen LogP contribution in [0.1, 0.15) is 41.6 Å². The van der Waals surface area contributed by atoms with E-state index in [9.17, 15) is 4.79 Å². The number of carbonyl (C=O) groups excluding carboxylic acids is 1. The number of aryl methyl sites for hydroxylation is 1. The number of carbonyl (C=O) groups is 1. The van der Waals surface area contributed by atoms with E-state index in [1.54, 1.807) is 6.20 Å². The number of anilines is 1. The maximum absolute atomic E-state index is 12.5. The van der Waals surface area contributed by atoms with Gasteiger partial charge in [-0.1, -0.05) is 12.1 Å². The molecule has 6 heteroatoms. The molecule has 6 nitrogen and oxygen atoms in total. The van der Waals surface area contributed by atoms with Gasteiger partial charge in [-0.25, -0.2) is 0 Å². The highest BCUT2D eigenvalue weighted by molar-refractivity contribution is 5.97. The second-order valence-corrected chi connectivity index (χ2v) is 8.29. The van der Waals surface area contributed by atoms with Gasteiger partial charge >= 0.3 is 0 Å². The Labute approximate surface area is 176 Å². The van der Waals surface area contributed by atoms with Crippen LogP contribution in [0.4, 0.5) is 5.82 Å². The molecule has 3 aromatic rings. The second-order valence-electron chi connectivity index (χ2n) is 8.29. The summed E-state index contributed by atoms with van der Waals surface area (Å²) in [6.07, 6.45) is 6.40. The Morgan fingerprint density at radius 2 is 2.07 bits per heavy atom. The molecule has 5 rings (SSSR count). The van der Waals surface area contributed by atoms with Gasteiger partial charge in [0.15, 0.2) is 5.82 Å². The number of aromatic nitrogens is 2. The normalized spacial score (nSPS) is 18.5. The zero-order valence-electron chi connectivity index (χ0n) is 17.1. The molecule has 2 aliphatic rings. The third-order valence-corrected chi connectivity index (χ3v) is 5.91. The first kappa shape index (κ1) is 19.0. The molecule has 1 saturated carbocycles. The van der Waals surface area contributed by atoms with Gasteiger partial charge in [-0.2, -0.15) is 5.10 Å². The van der Waals surface area contributed by atoms with Gasteiger partial charge in [0.2, 0.25) is 0 Å². The smallest absolute Gasteiger partial charge is 0.251 e. The first-order chi connectivity index (χ1) is 14.7. The fraction of sp³-hybridized carbons (Fsp3) is 0.375. The fourth-order valence-electron chi connectivity index (χ4n) is 3.97. The fourth-order valence-corrected chi connectivity index (χ4v) is 3.97. The summed E-state index contributed by atoms with van der Waals surface area (Å²) >= 11 is 0. The van der Waals surface area contributed by atoms with Crippen molar-refractivity contribution in [3.05, 3.63) is 53.7 Å². The lowest BCUT2D eigenvalue weighted by Gasteiger charge is -2.14. The van der Waals surface area contributed by atoms with Crippen LogP contribution in [-0.2, 0) is 4.74 Å². The SMILES string of the molecule is Cc1ccc(C(=O)NC2CC2)cc1-c1ccc2c(NC[C@H]3CCCO3)nncc2c1. The maximum atomic E-state index is 12.5. The number of ether oxygens (including phenoxy) is 1. The predicted octanol–water partition coefficient (Wildman–Crippen LogP) is 4.09. The Morgan fingerprint density at radius 1 is 1.17 bits per heavy atom. The van der Waals surface area contributed by atoms with E-state index >= 15 is 0 Å². The van der Waals surface area contributed by atoms with Gasteiger partial charge in [-0.3, -0.25) is 4.79 Å². The van der Waals surface area contributed by atoms with Crippen molar-refractivity contribution in [3.8, 4) is 11.1 Å². The molecule has 1 aliphatic carbocycles. The van der Waals surface area contributed by atoms with Crippen molar-refractivity contribution < 1.29 is 9.53 Å². The van der Waals surface area contributed by atoms with Crippen molar-refractivity contribution >= 4 is 22.5 Å². The molecule has 1 aromatic heterocycles. The van der Waals surface area contributed by atoms with E-state index in [4.69, 9.17) is 4.74 Å². The summed E-state index contributed by atoms with van der Waals surface area (Å²) in [6, 6.07) is 12.5. The molecule has 0 unspecified atom stereocenters. The summed E-state index contributed by atoms with van der Waals surface area (Å²) in [5.41, 5.74) is 3.97. The van der Waals surface area contributed by atoms with Crippen molar-refractivity contribution in [1.82, 2.24) is 15.5 Å². The van der Waals surface area contributed by atoms with E-state index in [2.05, 4.69) is 46.0 Å². The minimum absolute atomic E-state index is 0.00558. The molecular formula is C24H26N4O2. The number of nitrogens with one attached hydrogen (secondary N) is 2. The lowest BCUT2D eigenvalue weighted by molar-refractivity contribution is 0.0951. The molecule has 1 aliphatic heterocycles. The molecule has 154 valence electrons. The monoisotopic (exact) mass is 402 g/mol. The molecule has 2 N–H and O–H groups in total. The Bertz CT molecular complexity index is 1090. The standard InChI is InChI=1S/C24H26N4O2/c1-15-4-5-17(24(29)27-19-7-8-19)12-22(15)16-6-9-21-18(11-16)13-26-28-23(21)25-14-20-3-2-10-30-20/h4-6,9,11-13,19-20H,2-3,7-8,10,14H2,1H3,(H,25,28)(H,27,29)/t20-/m1/s1. The largest absolute Gasteiger partial charge is 0.376 e. The van der Waals surface area contributed by atoms with Crippen LogP contribution in [0, 0.1) is 6.92 Å². The van der Waals surface area contributed by atoms with Crippen molar-refractivity contribution in [1.29, 1.82) is 0 Å². The number of nitrogens with zero attached hydrogens (tertiary/aromatic N) is 2. The van der Waals surface area contributed by atoms with Gasteiger partial charge in [-0.05, 0) is 73.6 Å². The minimum atomic E-state index is 0.00558. The van der Waals surface area contributed by atoms with Gasteiger partial charge in [0.05, 0.1) is 12.3 Å². The van der Waals surface area contributed by atoms with Crippen LogP contribution >= 0.6 is 0 Å². The van der Waals surface area contributed by atoms with E-state index in [-0.39, 0.29) is 12.0 Å². The van der Waals surface area contributed by atoms with Crippen molar-refractivity contribution in [2.75, 3.05) is 18.5 Å². The highest BCUT2D eigenvalue weighted by Gasteiger charge is 2.24. The Kier molecular flexibility index (Phi) is 5.09. The first-order valence-electron chi connectivity index (χ1n) is 10.7. The Hall–Kier alpha value is -2.99. The molecule has 1 amide bonds. The number of rotatable bonds is 6. The van der Waals surface area contributed by atoms with E-state index < -0.39 is 0 Å². The third kappa shape index (κ3) is 4.00. The molecule has 1 saturated heterocycles. The maximum Gasteiger partial charge on any atom is 0.251 e. The van der Waals surface area contributed by atoms with Crippen LogP contribution in [0.25, 0.3) is 21.9 Å². The van der Waals surface area contributed by atoms with Gasteiger partial charge in [0.25, 0.3) is 5.91 Å². The zero-order valence-corrected chi connectivity index (χ0v) is 17.1. The summed E-state index contributed by atoms with van der Waals surface area (Å²) in [7, 11) is 0. The lowest BCUT2D eigenvalue weighted by atomic mass is 9.96. The van der Waals surface area contributed by atoms with Gasteiger partial charge in [0.1, 0.15) is 0 Å². The summed E-state index contributed by atoms with van der Waals surface area (Å²) in [6.45, 7) is 3.66. The molecule has 0 spiro atoms. The second kappa shape index (κ2) is 8.03. The number of benzene rings is 2. The van der Waals surface area contributed by atoms with Gasteiger partial charge in [0, 0.05) is 35.5 Å². The lowest BCUT2D eigenvalue weighted by Crippen LogP contribution is -2.25. The van der Waals surface area contributed by atoms with Crippen molar-refractivity contribution in [2.24, 2.45) is 0 Å². The topological polar surface area (TPSA) is 76.1 Å². The molecule has 0 bridgehead atoms. The molecule has 2 heterocycles. The average molecular weight is 402 g/mol. The van der Waals surface area contributed by atoms with Gasteiger partial charge in [-0.15, -0.1) is 5.10 Å². The summed E-state index contributed by atoms with van der Waals surface area (Å²) < 4.78 is 5.69. The third-order valence-electron chi connectivity index (χ3n) is 5.91. The minimum Gasteiger partial charge on any atom is -0.376 e. The van der Waals surface area contributed by atoms with Crippen LogP contribution in [0.5, 0.6) is 0 Å². The highest BCUT2D eigenvalue weighted by atomic mass is 16.5. The first-order valence-corrected chi connectivity index (χ1v) is 10.7. The van der Waals surface area contributed by atoms with Crippen LogP contribution in [0.15, 0.2) is 42.6 Å². The zero-order chi connectivity index (χ0) is 20.5. The van der Waals surface area contributed by atoms with E-state index in [1.165, 1.54) is 0 Å². The molecule has 2 fully saturated rings. The number of amides is 1. The predicted molar refractivity (Wildman–Crippen MR) is 118 cm³/mol. The Balaban J connectivity index is 1.42. The molecule has 2 aromatic carbocycles. The number of hydrogen-bond donors (Lipinski definition) is 2. The van der Waals surface area contributed by atoms with E-state index in [0.29, 0.717) is 11.6 Å². The van der Waals surface area contributed by atoms with Crippen molar-refractivity contribution in [2.45, 2.75) is 44.8 Å². The van der Waals surface area contributed by atoms with E-state index in [1.807, 2.05) is 18.2 Å². The number of hydrogen-bond acceptors (Lipinski definition) is 5. The van der Waals surface area contributed by atoms with Crippen molar-refractivity contribution in [3.63, 3.8) is 0 Å². The molecule has 30 heavy (non-hydrogen) atoms. The van der Waals surface area contributed by atoms with Crippen LogP contribution < -0.4 is 10.6 Å². The summed E-state index contributed by atoms with van der Waals surface area (Å²) in [5, 5.41) is 17.0. The Morgan fingerprint density at radius 3 is 2.87 bits per heavy atom. The molecule has 0 radical (unpaired) electrons. The average Bonchev–Trinajstić information content (AvgIpc) is 3.42.